The number of carbonyl (C=O) groups is 1. The van der Waals surface area contributed by atoms with Gasteiger partial charge in [-0.3, -0.25) is 14.5 Å². The zero-order chi connectivity index (χ0) is 25.4. The van der Waals surface area contributed by atoms with Crippen LogP contribution in [0.5, 0.6) is 0 Å². The molecule has 1 fully saturated rings. The predicted octanol–water partition coefficient (Wildman–Crippen LogP) is 6.57. The Kier molecular flexibility index (Phi) is 6.77. The fourth-order valence-electron chi connectivity index (χ4n) is 5.32. The minimum Gasteiger partial charge on any atom is -0.444 e. The van der Waals surface area contributed by atoms with Gasteiger partial charge in [0.15, 0.2) is 5.82 Å². The summed E-state index contributed by atoms with van der Waals surface area (Å²) in [7, 11) is 0. The monoisotopic (exact) mass is 507 g/mol. The van der Waals surface area contributed by atoms with Crippen LogP contribution < -0.4 is 0 Å². The van der Waals surface area contributed by atoms with Crippen LogP contribution in [0.15, 0.2) is 36.4 Å². The standard InChI is InChI=1S/C28H34ClN5O2/c1-5-22-7-6-8-23(30-22)18-9-11-19(12-10-18)26-32-31-25-17-33(27(35)36-28(2,3)4)16-20-15-21(29)13-14-24(20)34(25)26/h6-8,13-15,18-19H,5,9-12,16-17H2,1-4H3/t18-,19-. The lowest BCUT2D eigenvalue weighted by Gasteiger charge is -2.28. The summed E-state index contributed by atoms with van der Waals surface area (Å²) >= 11 is 6.37. The Morgan fingerprint density at radius 3 is 2.53 bits per heavy atom. The number of halogens is 1. The Morgan fingerprint density at radius 1 is 1.06 bits per heavy atom. The number of ether oxygens (including phenoxy) is 1. The Hall–Kier alpha value is -2.93. The number of hydrogen-bond acceptors (Lipinski definition) is 5. The fraction of sp³-hybridized carbons (Fsp3) is 0.500. The second-order valence-corrected chi connectivity index (χ2v) is 11.3. The van der Waals surface area contributed by atoms with E-state index >= 15 is 0 Å². The number of aryl methyl sites for hydroxylation is 1. The number of carbonyl (C=O) groups excluding carboxylic acids is 1. The molecular formula is C28H34ClN5O2. The number of rotatable bonds is 3. The van der Waals surface area contributed by atoms with Gasteiger partial charge in [-0.25, -0.2) is 4.79 Å². The summed E-state index contributed by atoms with van der Waals surface area (Å²) in [6.07, 6.45) is 4.79. The van der Waals surface area contributed by atoms with Crippen molar-refractivity contribution in [2.24, 2.45) is 0 Å². The molecule has 1 aliphatic carbocycles. The van der Waals surface area contributed by atoms with Crippen LogP contribution in [-0.2, 0) is 24.2 Å². The van der Waals surface area contributed by atoms with Crippen molar-refractivity contribution in [1.29, 1.82) is 0 Å². The highest BCUT2D eigenvalue weighted by atomic mass is 35.5. The van der Waals surface area contributed by atoms with E-state index < -0.39 is 5.60 Å². The summed E-state index contributed by atoms with van der Waals surface area (Å²) in [5.41, 5.74) is 3.73. The van der Waals surface area contributed by atoms with E-state index in [0.29, 0.717) is 29.9 Å². The van der Waals surface area contributed by atoms with Crippen LogP contribution in [0.4, 0.5) is 4.79 Å². The van der Waals surface area contributed by atoms with E-state index in [4.69, 9.17) is 21.3 Å². The van der Waals surface area contributed by atoms with Crippen molar-refractivity contribution < 1.29 is 9.53 Å². The zero-order valence-electron chi connectivity index (χ0n) is 21.5. The van der Waals surface area contributed by atoms with Crippen molar-refractivity contribution >= 4 is 17.7 Å². The highest BCUT2D eigenvalue weighted by molar-refractivity contribution is 6.30. The van der Waals surface area contributed by atoms with Crippen LogP contribution in [0.2, 0.25) is 5.02 Å². The minimum absolute atomic E-state index is 0.300. The third kappa shape index (κ3) is 5.12. The van der Waals surface area contributed by atoms with Crippen LogP contribution in [0.3, 0.4) is 0 Å². The van der Waals surface area contributed by atoms with Crippen molar-refractivity contribution in [2.75, 3.05) is 0 Å². The average molecular weight is 508 g/mol. The summed E-state index contributed by atoms with van der Waals surface area (Å²) in [4.78, 5) is 19.6. The van der Waals surface area contributed by atoms with E-state index in [-0.39, 0.29) is 6.09 Å². The smallest absolute Gasteiger partial charge is 0.411 e. The average Bonchev–Trinajstić information content (AvgIpc) is 3.18. The molecule has 7 nitrogen and oxygen atoms in total. The molecular weight excluding hydrogens is 474 g/mol. The highest BCUT2D eigenvalue weighted by Gasteiger charge is 2.33. The largest absolute Gasteiger partial charge is 0.444 e. The van der Waals surface area contributed by atoms with Crippen LogP contribution in [0.1, 0.15) is 93.8 Å². The molecule has 5 rings (SSSR count). The second-order valence-electron chi connectivity index (χ2n) is 10.9. The maximum absolute atomic E-state index is 13.0. The summed E-state index contributed by atoms with van der Waals surface area (Å²) in [6, 6.07) is 12.2. The van der Waals surface area contributed by atoms with E-state index in [1.54, 1.807) is 4.90 Å². The molecule has 0 N–H and O–H groups in total. The molecule has 8 heteroatoms. The first-order valence-electron chi connectivity index (χ1n) is 12.9. The van der Waals surface area contributed by atoms with Crippen molar-refractivity contribution in [2.45, 2.75) is 90.3 Å². The van der Waals surface area contributed by atoms with E-state index in [9.17, 15) is 4.79 Å². The van der Waals surface area contributed by atoms with E-state index in [2.05, 4.69) is 39.9 Å². The van der Waals surface area contributed by atoms with E-state index in [1.165, 1.54) is 5.69 Å². The van der Waals surface area contributed by atoms with Gasteiger partial charge in [0.05, 0.1) is 18.8 Å². The summed E-state index contributed by atoms with van der Waals surface area (Å²) in [5, 5.41) is 9.86. The first kappa shape index (κ1) is 24.8. The molecule has 1 aromatic carbocycles. The molecule has 0 bridgehead atoms. The van der Waals surface area contributed by atoms with Crippen molar-refractivity contribution in [1.82, 2.24) is 24.6 Å². The Bertz CT molecular complexity index is 1260. The molecule has 36 heavy (non-hydrogen) atoms. The normalized spacial score (nSPS) is 19.9. The van der Waals surface area contributed by atoms with E-state index in [0.717, 1.165) is 60.7 Å². The molecule has 1 amide bonds. The maximum Gasteiger partial charge on any atom is 0.411 e. The molecule has 0 atom stereocenters. The summed E-state index contributed by atoms with van der Waals surface area (Å²) in [6.45, 7) is 8.50. The SMILES string of the molecule is CCc1cccc([C@H]2CC[C@H](c3nnc4n3-c3ccc(Cl)cc3CN(C(=O)OC(C)(C)C)C4)CC2)n1. The molecule has 0 spiro atoms. The Morgan fingerprint density at radius 2 is 1.81 bits per heavy atom. The van der Waals surface area contributed by atoms with E-state index in [1.807, 2.05) is 39.0 Å². The lowest BCUT2D eigenvalue weighted by atomic mass is 9.80. The van der Waals surface area contributed by atoms with Gasteiger partial charge >= 0.3 is 6.09 Å². The molecule has 0 unspecified atom stereocenters. The second kappa shape index (κ2) is 9.85. The number of aromatic nitrogens is 4. The minimum atomic E-state index is -0.580. The van der Waals surface area contributed by atoms with Gasteiger partial charge in [-0.05, 0) is 88.8 Å². The number of nitrogens with zero attached hydrogens (tertiary/aromatic N) is 5. The Labute approximate surface area is 217 Å². The lowest BCUT2D eigenvalue weighted by molar-refractivity contribution is 0.0214. The quantitative estimate of drug-likeness (QED) is 0.401. The molecule has 3 aromatic rings. The number of pyridine rings is 1. The van der Waals surface area contributed by atoms with Crippen molar-refractivity contribution in [3.05, 3.63) is 70.0 Å². The van der Waals surface area contributed by atoms with Crippen LogP contribution in [-0.4, -0.2) is 36.3 Å². The third-order valence-corrected chi connectivity index (χ3v) is 7.32. The number of hydrogen-bond donors (Lipinski definition) is 0. The fourth-order valence-corrected chi connectivity index (χ4v) is 5.51. The van der Waals surface area contributed by atoms with Crippen LogP contribution >= 0.6 is 11.6 Å². The molecule has 190 valence electrons. The molecule has 0 radical (unpaired) electrons. The molecule has 2 aliphatic rings. The highest BCUT2D eigenvalue weighted by Crippen LogP contribution is 2.41. The molecule has 1 saturated carbocycles. The predicted molar refractivity (Wildman–Crippen MR) is 139 cm³/mol. The first-order valence-corrected chi connectivity index (χ1v) is 13.3. The van der Waals surface area contributed by atoms with Gasteiger partial charge in [0.1, 0.15) is 11.4 Å². The van der Waals surface area contributed by atoms with Crippen molar-refractivity contribution in [3.63, 3.8) is 0 Å². The van der Waals surface area contributed by atoms with Gasteiger partial charge in [-0.2, -0.15) is 0 Å². The van der Waals surface area contributed by atoms with Gasteiger partial charge in [0.2, 0.25) is 0 Å². The maximum atomic E-state index is 13.0. The third-order valence-electron chi connectivity index (χ3n) is 7.08. The number of fused-ring (bicyclic) bond motifs is 3. The zero-order valence-corrected chi connectivity index (χ0v) is 22.3. The lowest BCUT2D eigenvalue weighted by Crippen LogP contribution is -2.35. The topological polar surface area (TPSA) is 73.1 Å². The molecule has 0 saturated heterocycles. The number of benzene rings is 1. The first-order chi connectivity index (χ1) is 17.2. The molecule has 1 aliphatic heterocycles. The summed E-state index contributed by atoms with van der Waals surface area (Å²) in [5.74, 6) is 2.49. The van der Waals surface area contributed by atoms with Crippen molar-refractivity contribution in [3.8, 4) is 5.69 Å². The molecule has 3 heterocycles. The van der Waals surface area contributed by atoms with Crippen LogP contribution in [0, 0.1) is 0 Å². The van der Waals surface area contributed by atoms with Gasteiger partial charge < -0.3 is 4.74 Å². The Balaban J connectivity index is 1.42. The number of amides is 1. The van der Waals surface area contributed by atoms with Gasteiger partial charge in [-0.15, -0.1) is 10.2 Å². The molecule has 2 aromatic heterocycles. The van der Waals surface area contributed by atoms with Gasteiger partial charge in [0.25, 0.3) is 0 Å². The van der Waals surface area contributed by atoms with Crippen LogP contribution in [0.25, 0.3) is 5.69 Å². The summed E-state index contributed by atoms with van der Waals surface area (Å²) < 4.78 is 7.83. The van der Waals surface area contributed by atoms with Gasteiger partial charge in [0, 0.05) is 28.2 Å². The van der Waals surface area contributed by atoms with Gasteiger partial charge in [-0.1, -0.05) is 24.6 Å².